The number of amides is 2. The molecular weight excluding hydrogens is 320 g/mol. The molecule has 2 N–H and O–H groups in total. The number of hydrogen-bond acceptors (Lipinski definition) is 4. The zero-order chi connectivity index (χ0) is 17.6. The molecule has 1 saturated carbocycles. The van der Waals surface area contributed by atoms with Crippen LogP contribution in [0.2, 0.25) is 0 Å². The minimum Gasteiger partial charge on any atom is -0.352 e. The van der Waals surface area contributed by atoms with E-state index >= 15 is 0 Å². The third-order valence-electron chi connectivity index (χ3n) is 4.46. The molecule has 0 bridgehead atoms. The summed E-state index contributed by atoms with van der Waals surface area (Å²) in [5.74, 6) is -0.581. The van der Waals surface area contributed by atoms with Crippen molar-refractivity contribution in [2.75, 3.05) is 6.54 Å². The lowest BCUT2D eigenvalue weighted by Crippen LogP contribution is -2.43. The molecule has 1 fully saturated rings. The van der Waals surface area contributed by atoms with Gasteiger partial charge in [0.15, 0.2) is 0 Å². The SMILES string of the molecule is O=C(Cn1cnc2ccccc2c1=O)NCC(=O)NC1CCCCC1. The van der Waals surface area contributed by atoms with E-state index in [0.29, 0.717) is 10.9 Å². The van der Waals surface area contributed by atoms with Crippen LogP contribution < -0.4 is 16.2 Å². The summed E-state index contributed by atoms with van der Waals surface area (Å²) in [6.07, 6.45) is 6.84. The molecule has 0 unspecified atom stereocenters. The van der Waals surface area contributed by atoms with Gasteiger partial charge >= 0.3 is 0 Å². The summed E-state index contributed by atoms with van der Waals surface area (Å²) >= 11 is 0. The Labute approximate surface area is 145 Å². The number of carbonyl (C=O) groups is 2. The number of nitrogens with zero attached hydrogens (tertiary/aromatic N) is 2. The molecule has 0 radical (unpaired) electrons. The number of para-hydroxylation sites is 1. The van der Waals surface area contributed by atoms with Gasteiger partial charge in [-0.15, -0.1) is 0 Å². The van der Waals surface area contributed by atoms with Crippen LogP contribution in [0.5, 0.6) is 0 Å². The van der Waals surface area contributed by atoms with E-state index in [1.54, 1.807) is 24.3 Å². The van der Waals surface area contributed by atoms with E-state index in [4.69, 9.17) is 0 Å². The molecule has 7 heteroatoms. The largest absolute Gasteiger partial charge is 0.352 e. The number of carbonyl (C=O) groups excluding carboxylic acids is 2. The summed E-state index contributed by atoms with van der Waals surface area (Å²) in [4.78, 5) is 40.4. The van der Waals surface area contributed by atoms with Crippen LogP contribution in [0.15, 0.2) is 35.4 Å². The number of aromatic nitrogens is 2. The van der Waals surface area contributed by atoms with E-state index < -0.39 is 5.91 Å². The van der Waals surface area contributed by atoms with Gasteiger partial charge in [-0.2, -0.15) is 0 Å². The summed E-state index contributed by atoms with van der Waals surface area (Å²) in [5, 5.41) is 5.96. The fourth-order valence-corrected chi connectivity index (χ4v) is 3.13. The Morgan fingerprint density at radius 1 is 1.12 bits per heavy atom. The molecule has 0 saturated heterocycles. The highest BCUT2D eigenvalue weighted by molar-refractivity contribution is 5.85. The van der Waals surface area contributed by atoms with Crippen LogP contribution in [0.4, 0.5) is 0 Å². The van der Waals surface area contributed by atoms with E-state index in [2.05, 4.69) is 15.6 Å². The van der Waals surface area contributed by atoms with Gasteiger partial charge in [0, 0.05) is 6.04 Å². The molecule has 0 aliphatic heterocycles. The number of hydrogen-bond donors (Lipinski definition) is 2. The number of nitrogens with one attached hydrogen (secondary N) is 2. The minimum absolute atomic E-state index is 0.0783. The van der Waals surface area contributed by atoms with Crippen LogP contribution in [0, 0.1) is 0 Å². The highest BCUT2D eigenvalue weighted by atomic mass is 16.2. The van der Waals surface area contributed by atoms with Crippen LogP contribution in [-0.4, -0.2) is 34.0 Å². The zero-order valence-electron chi connectivity index (χ0n) is 14.0. The lowest BCUT2D eigenvalue weighted by atomic mass is 9.95. The Morgan fingerprint density at radius 3 is 2.68 bits per heavy atom. The van der Waals surface area contributed by atoms with Crippen molar-refractivity contribution in [2.45, 2.75) is 44.7 Å². The van der Waals surface area contributed by atoms with Crippen molar-refractivity contribution >= 4 is 22.7 Å². The van der Waals surface area contributed by atoms with Crippen LogP contribution >= 0.6 is 0 Å². The van der Waals surface area contributed by atoms with Gasteiger partial charge in [0.25, 0.3) is 5.56 Å². The summed E-state index contributed by atoms with van der Waals surface area (Å²) < 4.78 is 1.25. The Bertz CT molecular complexity index is 824. The van der Waals surface area contributed by atoms with Crippen LogP contribution in [-0.2, 0) is 16.1 Å². The fraction of sp³-hybridized carbons (Fsp3) is 0.444. The first-order valence-corrected chi connectivity index (χ1v) is 8.64. The molecule has 1 aliphatic carbocycles. The zero-order valence-corrected chi connectivity index (χ0v) is 14.0. The van der Waals surface area contributed by atoms with Gasteiger partial charge in [0.05, 0.1) is 23.8 Å². The fourth-order valence-electron chi connectivity index (χ4n) is 3.13. The first-order valence-electron chi connectivity index (χ1n) is 8.64. The predicted molar refractivity (Wildman–Crippen MR) is 94.0 cm³/mol. The van der Waals surface area contributed by atoms with Crippen LogP contribution in [0.1, 0.15) is 32.1 Å². The summed E-state index contributed by atoms with van der Waals surface area (Å²) in [6.45, 7) is -0.238. The topological polar surface area (TPSA) is 93.1 Å². The highest BCUT2D eigenvalue weighted by Gasteiger charge is 2.16. The molecule has 2 amide bonds. The molecule has 25 heavy (non-hydrogen) atoms. The third kappa shape index (κ3) is 4.43. The minimum atomic E-state index is -0.391. The van der Waals surface area contributed by atoms with Gasteiger partial charge in [-0.05, 0) is 25.0 Å². The molecule has 2 aromatic rings. The quantitative estimate of drug-likeness (QED) is 0.846. The number of fused-ring (bicyclic) bond motifs is 1. The van der Waals surface area contributed by atoms with Crippen molar-refractivity contribution in [3.8, 4) is 0 Å². The van der Waals surface area contributed by atoms with Crippen molar-refractivity contribution in [1.29, 1.82) is 0 Å². The molecule has 1 aliphatic rings. The van der Waals surface area contributed by atoms with Crippen molar-refractivity contribution in [3.63, 3.8) is 0 Å². The second kappa shape index (κ2) is 7.92. The second-order valence-electron chi connectivity index (χ2n) is 6.37. The van der Waals surface area contributed by atoms with Gasteiger partial charge < -0.3 is 10.6 Å². The molecule has 1 aromatic heterocycles. The van der Waals surface area contributed by atoms with Crippen LogP contribution in [0.3, 0.4) is 0 Å². The lowest BCUT2D eigenvalue weighted by molar-refractivity contribution is -0.126. The second-order valence-corrected chi connectivity index (χ2v) is 6.37. The molecular formula is C18H22N4O3. The molecule has 132 valence electrons. The van der Waals surface area contributed by atoms with E-state index in [0.717, 1.165) is 25.7 Å². The van der Waals surface area contributed by atoms with Crippen molar-refractivity contribution in [3.05, 3.63) is 40.9 Å². The molecule has 7 nitrogen and oxygen atoms in total. The average Bonchev–Trinajstić information content (AvgIpc) is 2.63. The van der Waals surface area contributed by atoms with E-state index in [9.17, 15) is 14.4 Å². The van der Waals surface area contributed by atoms with Gasteiger partial charge in [-0.25, -0.2) is 4.98 Å². The van der Waals surface area contributed by atoms with E-state index in [-0.39, 0.29) is 30.6 Å². The summed E-state index contributed by atoms with van der Waals surface area (Å²) in [7, 11) is 0. The normalized spacial score (nSPS) is 15.0. The van der Waals surface area contributed by atoms with E-state index in [1.807, 2.05) is 0 Å². The Kier molecular flexibility index (Phi) is 5.42. The summed E-state index contributed by atoms with van der Waals surface area (Å²) in [5.41, 5.74) is 0.323. The monoisotopic (exact) mass is 342 g/mol. The Balaban J connectivity index is 1.53. The van der Waals surface area contributed by atoms with Crippen molar-refractivity contribution in [2.24, 2.45) is 0 Å². The molecule has 1 aromatic carbocycles. The van der Waals surface area contributed by atoms with Gasteiger partial charge in [0.2, 0.25) is 11.8 Å². The Hall–Kier alpha value is -2.70. The summed E-state index contributed by atoms with van der Waals surface area (Å²) in [6, 6.07) is 7.20. The standard InChI is InChI=1S/C18H22N4O3/c23-16(21-13-6-2-1-3-7-13)10-19-17(24)11-22-12-20-15-9-5-4-8-14(15)18(22)25/h4-5,8-9,12-13H,1-3,6-7,10-11H2,(H,19,24)(H,21,23). The molecule has 1 heterocycles. The molecule has 3 rings (SSSR count). The maximum Gasteiger partial charge on any atom is 0.261 e. The maximum absolute atomic E-state index is 12.3. The average molecular weight is 342 g/mol. The third-order valence-corrected chi connectivity index (χ3v) is 4.46. The molecule has 0 spiro atoms. The van der Waals surface area contributed by atoms with Crippen molar-refractivity contribution < 1.29 is 9.59 Å². The first-order chi connectivity index (χ1) is 12.1. The predicted octanol–water partition coefficient (Wildman–Crippen LogP) is 0.962. The lowest BCUT2D eigenvalue weighted by Gasteiger charge is -2.22. The number of rotatable bonds is 5. The Morgan fingerprint density at radius 2 is 1.88 bits per heavy atom. The van der Waals surface area contributed by atoms with Crippen LogP contribution in [0.25, 0.3) is 10.9 Å². The maximum atomic E-state index is 12.3. The first kappa shape index (κ1) is 17.1. The number of benzene rings is 1. The smallest absolute Gasteiger partial charge is 0.261 e. The van der Waals surface area contributed by atoms with Gasteiger partial charge in [-0.1, -0.05) is 31.4 Å². The molecule has 0 atom stereocenters. The van der Waals surface area contributed by atoms with Crippen molar-refractivity contribution in [1.82, 2.24) is 20.2 Å². The van der Waals surface area contributed by atoms with Gasteiger partial charge in [-0.3, -0.25) is 19.0 Å². The van der Waals surface area contributed by atoms with E-state index in [1.165, 1.54) is 17.3 Å². The highest BCUT2D eigenvalue weighted by Crippen LogP contribution is 2.17. The van der Waals surface area contributed by atoms with Gasteiger partial charge in [0.1, 0.15) is 6.54 Å².